The van der Waals surface area contributed by atoms with Gasteiger partial charge >= 0.3 is 12.2 Å². The van der Waals surface area contributed by atoms with Gasteiger partial charge in [0, 0.05) is 43.0 Å². The molecule has 4 aliphatic heterocycles. The van der Waals surface area contributed by atoms with Gasteiger partial charge in [-0.05, 0) is 115 Å². The highest BCUT2D eigenvalue weighted by molar-refractivity contribution is 6.14. The van der Waals surface area contributed by atoms with Gasteiger partial charge in [-0.2, -0.15) is 0 Å². The molecule has 8 heterocycles. The zero-order valence-corrected chi connectivity index (χ0v) is 61.0. The van der Waals surface area contributed by atoms with E-state index < -0.39 is 128 Å². The van der Waals surface area contributed by atoms with Crippen molar-refractivity contribution in [3.8, 4) is 45.1 Å². The fourth-order valence-corrected chi connectivity index (χ4v) is 14.2. The average Bonchev–Trinajstić information content (AvgIpc) is 0.706. The molecule has 103 heavy (non-hydrogen) atoms. The predicted molar refractivity (Wildman–Crippen MR) is 379 cm³/mol. The Balaban J connectivity index is 0.000000207. The minimum atomic E-state index is -1.23. The maximum atomic E-state index is 17.6. The first-order valence-corrected chi connectivity index (χ1v) is 34.0. The van der Waals surface area contributed by atoms with Gasteiger partial charge < -0.3 is 48.8 Å². The second-order valence-corrected chi connectivity index (χ2v) is 29.5. The zero-order valence-electron chi connectivity index (χ0n) is 61.0. The molecule has 0 saturated carbocycles. The molecule has 2 fully saturated rings. The number of anilines is 4. The molecule has 0 aliphatic carbocycles. The van der Waals surface area contributed by atoms with Crippen molar-refractivity contribution >= 4 is 68.6 Å². The zero-order chi connectivity index (χ0) is 75.4. The molecule has 4 aromatic heterocycles. The van der Waals surface area contributed by atoms with Crippen molar-refractivity contribution in [2.45, 2.75) is 170 Å². The maximum absolute atomic E-state index is 17.6. The number of nitrogens with one attached hydrogen (secondary N) is 1. The SMILES string of the molecule is COc1cccc(F)c1-c1c(F)cc2c3c(c(=O)n(-c4c(C(C)C)ncnc4C(C)C)c2c1F)N(C)C(=O)[C@H]1CN(C(=O)OC(C)(C)C)[C@H](C)CN31.COc1cccc(F)c1-c1c(F)cc2c3c(c(=O)n(-c4c(C(C)C)ncnc4C(C)C)c2c1F)NC(=O)[C@H]1CN(C(=O)OC(C)(C)C)[C@H](C)CN31. The first-order chi connectivity index (χ1) is 48.3. The van der Waals surface area contributed by atoms with Crippen LogP contribution in [0.3, 0.4) is 0 Å². The summed E-state index contributed by atoms with van der Waals surface area (Å²) in [5.41, 5.74) is -4.43. The Morgan fingerprint density at radius 2 is 0.883 bits per heavy atom. The van der Waals surface area contributed by atoms with E-state index >= 15 is 31.1 Å². The van der Waals surface area contributed by atoms with Gasteiger partial charge in [0.25, 0.3) is 17.0 Å². The summed E-state index contributed by atoms with van der Waals surface area (Å²) in [6, 6.07) is 6.59. The van der Waals surface area contributed by atoms with Crippen molar-refractivity contribution in [2.75, 3.05) is 67.5 Å². The van der Waals surface area contributed by atoms with Crippen LogP contribution in [0.4, 0.5) is 58.7 Å². The van der Waals surface area contributed by atoms with Crippen LogP contribution in [0.2, 0.25) is 0 Å². The van der Waals surface area contributed by atoms with E-state index in [0.29, 0.717) is 22.8 Å². The molecule has 0 radical (unpaired) electrons. The second-order valence-electron chi connectivity index (χ2n) is 29.5. The number of piperazine rings is 2. The highest BCUT2D eigenvalue weighted by Crippen LogP contribution is 2.49. The first-order valence-electron chi connectivity index (χ1n) is 34.0. The minimum Gasteiger partial charge on any atom is -0.496 e. The van der Waals surface area contributed by atoms with Gasteiger partial charge in [0.15, 0.2) is 11.6 Å². The Kier molecular flexibility index (Phi) is 19.7. The highest BCUT2D eigenvalue weighted by atomic mass is 19.2. The van der Waals surface area contributed by atoms with Crippen LogP contribution in [0.5, 0.6) is 11.5 Å². The lowest BCUT2D eigenvalue weighted by atomic mass is 9.94. The number of rotatable bonds is 10. The van der Waals surface area contributed by atoms with Crippen LogP contribution in [-0.2, 0) is 19.1 Å². The summed E-state index contributed by atoms with van der Waals surface area (Å²) in [4.78, 5) is 110. The molecule has 4 aromatic carbocycles. The van der Waals surface area contributed by atoms with E-state index in [0.717, 1.165) is 33.4 Å². The number of methoxy groups -OCH3 is 2. The van der Waals surface area contributed by atoms with Crippen molar-refractivity contribution in [2.24, 2.45) is 0 Å². The number of fused-ring (bicyclic) bond motifs is 10. The van der Waals surface area contributed by atoms with Crippen LogP contribution < -0.4 is 40.6 Å². The largest absolute Gasteiger partial charge is 0.496 e. The van der Waals surface area contributed by atoms with Crippen molar-refractivity contribution in [3.63, 3.8) is 0 Å². The summed E-state index contributed by atoms with van der Waals surface area (Å²) in [7, 11) is 3.94. The van der Waals surface area contributed by atoms with E-state index in [1.807, 2.05) is 55.4 Å². The number of pyridine rings is 2. The van der Waals surface area contributed by atoms with Crippen LogP contribution in [0.25, 0.3) is 55.4 Å². The Morgan fingerprint density at radius 3 is 1.27 bits per heavy atom. The summed E-state index contributed by atoms with van der Waals surface area (Å²) in [5.74, 6) is -9.01. The van der Waals surface area contributed by atoms with Crippen LogP contribution in [0.1, 0.15) is 157 Å². The smallest absolute Gasteiger partial charge is 0.410 e. The Bertz CT molecular complexity index is 4880. The monoisotopic (exact) mass is 1430 g/mol. The van der Waals surface area contributed by atoms with Gasteiger partial charge in [-0.3, -0.25) is 28.3 Å². The molecule has 4 amide bonds. The van der Waals surface area contributed by atoms with Gasteiger partial charge in [-0.15, -0.1) is 0 Å². The van der Waals surface area contributed by atoms with Crippen molar-refractivity contribution in [1.82, 2.24) is 38.9 Å². The lowest BCUT2D eigenvalue weighted by Gasteiger charge is -2.50. The fourth-order valence-electron chi connectivity index (χ4n) is 14.2. The summed E-state index contributed by atoms with van der Waals surface area (Å²) in [6.45, 7) is 28.6. The normalized spacial score (nSPS) is 17.5. The molecular formula is C75H84F6N12O10. The number of carbonyl (C=O) groups is 4. The molecule has 4 atom stereocenters. The Labute approximate surface area is 591 Å². The quantitative estimate of drug-likeness (QED) is 0.126. The molecule has 0 spiro atoms. The number of amides is 4. The fraction of sp³-hybridized carbons (Fsp3) is 0.440. The number of likely N-dealkylation sites (N-methyl/N-ethyl adjacent to an activating group) is 1. The third-order valence-electron chi connectivity index (χ3n) is 18.7. The summed E-state index contributed by atoms with van der Waals surface area (Å²) < 4.78 is 124. The molecule has 12 rings (SSSR count). The Hall–Kier alpha value is -10.3. The number of nitrogens with zero attached hydrogens (tertiary/aromatic N) is 11. The lowest BCUT2D eigenvalue weighted by molar-refractivity contribution is -0.121. The van der Waals surface area contributed by atoms with Gasteiger partial charge in [0.2, 0.25) is 5.91 Å². The molecule has 28 heteroatoms. The molecule has 4 aliphatic rings. The molecule has 0 unspecified atom stereocenters. The standard InChI is InChI=1S/C38H43F3N6O5.C37H41F3N6O5/c1-18(2)29-33(30(19(3)4)43-17-42-29)47-31-21(14-23(40)27(28(31)41)26-22(39)12-11-13-25(26)51-10)32-34(36(47)49)44(9)35(48)24-16-45(20(5)15-46(24)32)37(50)52-38(6,7)8;1-17(2)28-33(29(18(3)4)42-16-41-28)46-31-20(13-22(39)26(27(31)40)25-21(38)11-10-12-24(25)50-9)32-30(35(46)48)43-34(47)23-15-44(19(5)14-45(23)32)36(49)51-37(6,7)8/h11-14,17-20,24H,15-16H2,1-10H3;10-13,16-19,23H,14-15H2,1-9H3,(H,43,47)/t20-,24-;19-,23-/m11/s1. The number of hydrogen-bond donors (Lipinski definition) is 1. The Morgan fingerprint density at radius 1 is 0.505 bits per heavy atom. The third-order valence-corrected chi connectivity index (χ3v) is 18.7. The third kappa shape index (κ3) is 12.8. The summed E-state index contributed by atoms with van der Waals surface area (Å²) >= 11 is 0. The topological polar surface area (TPSA) is 229 Å². The van der Waals surface area contributed by atoms with Gasteiger partial charge in [0.1, 0.15) is 82.1 Å². The number of hydrogen-bond acceptors (Lipinski definition) is 16. The van der Waals surface area contributed by atoms with Crippen molar-refractivity contribution in [3.05, 3.63) is 140 Å². The second kappa shape index (κ2) is 27.5. The van der Waals surface area contributed by atoms with E-state index in [2.05, 4.69) is 25.3 Å². The average molecular weight is 1430 g/mol. The predicted octanol–water partition coefficient (Wildman–Crippen LogP) is 13.8. The highest BCUT2D eigenvalue weighted by Gasteiger charge is 2.49. The number of ether oxygens (including phenoxy) is 4. The van der Waals surface area contributed by atoms with E-state index in [1.165, 1.54) is 72.9 Å². The van der Waals surface area contributed by atoms with Crippen LogP contribution in [-0.4, -0.2) is 146 Å². The van der Waals surface area contributed by atoms with Gasteiger partial charge in [-0.1, -0.05) is 67.5 Å². The number of benzene rings is 4. The molecule has 22 nitrogen and oxygen atoms in total. The number of halogens is 6. The van der Waals surface area contributed by atoms with Gasteiger partial charge in [-0.25, -0.2) is 55.9 Å². The molecular weight excluding hydrogens is 1340 g/mol. The summed E-state index contributed by atoms with van der Waals surface area (Å²) in [5, 5.41) is 2.60. The van der Waals surface area contributed by atoms with Crippen LogP contribution in [0, 0.1) is 34.9 Å². The molecule has 546 valence electrons. The van der Waals surface area contributed by atoms with E-state index in [4.69, 9.17) is 18.9 Å². The molecule has 2 saturated heterocycles. The number of aromatic nitrogens is 6. The van der Waals surface area contributed by atoms with Crippen molar-refractivity contribution < 1.29 is 64.5 Å². The van der Waals surface area contributed by atoms with E-state index in [-0.39, 0.29) is 117 Å². The van der Waals surface area contributed by atoms with Crippen LogP contribution in [0.15, 0.2) is 70.8 Å². The van der Waals surface area contributed by atoms with Crippen LogP contribution >= 0.6 is 0 Å². The van der Waals surface area contributed by atoms with Crippen molar-refractivity contribution in [1.29, 1.82) is 0 Å². The molecule has 1 N–H and O–H groups in total. The summed E-state index contributed by atoms with van der Waals surface area (Å²) in [6.07, 6.45) is 1.49. The molecule has 0 bridgehead atoms. The minimum absolute atomic E-state index is 0.0257. The number of carbonyl (C=O) groups excluding carboxylic acids is 4. The van der Waals surface area contributed by atoms with E-state index in [1.54, 1.807) is 65.2 Å². The molecule has 8 aromatic rings. The maximum Gasteiger partial charge on any atom is 0.410 e. The van der Waals surface area contributed by atoms with E-state index in [9.17, 15) is 24.0 Å². The van der Waals surface area contributed by atoms with Gasteiger partial charge in [0.05, 0.1) is 106 Å². The lowest BCUT2D eigenvalue weighted by Crippen LogP contribution is -2.66. The first kappa shape index (κ1) is 73.9.